The summed E-state index contributed by atoms with van der Waals surface area (Å²) in [4.78, 5) is 4.21. The Hall–Kier alpha value is -0.130. The first-order valence-electron chi connectivity index (χ1n) is 3.63. The molecule has 68 valence electrons. The van der Waals surface area contributed by atoms with Crippen LogP contribution in [-0.4, -0.2) is 17.1 Å². The summed E-state index contributed by atoms with van der Waals surface area (Å²) < 4.78 is 0.864. The van der Waals surface area contributed by atoms with Crippen molar-refractivity contribution in [1.29, 1.82) is 0 Å². The van der Waals surface area contributed by atoms with Crippen LogP contribution < -0.4 is 11.1 Å². The Morgan fingerprint density at radius 3 is 2.83 bits per heavy atom. The van der Waals surface area contributed by atoms with Crippen molar-refractivity contribution in [2.75, 3.05) is 11.9 Å². The first-order chi connectivity index (χ1) is 5.53. The van der Waals surface area contributed by atoms with E-state index in [1.54, 1.807) is 11.3 Å². The highest BCUT2D eigenvalue weighted by Crippen LogP contribution is 2.22. The van der Waals surface area contributed by atoms with Crippen molar-refractivity contribution < 1.29 is 0 Å². The number of hydrogen-bond donors (Lipinski definition) is 2. The monoisotopic (exact) mass is 249 g/mol. The van der Waals surface area contributed by atoms with Crippen LogP contribution in [0.2, 0.25) is 0 Å². The molecule has 0 aliphatic heterocycles. The van der Waals surface area contributed by atoms with Gasteiger partial charge in [-0.1, -0.05) is 0 Å². The molecule has 0 aromatic carbocycles. The van der Waals surface area contributed by atoms with Crippen molar-refractivity contribution >= 4 is 32.4 Å². The Bertz CT molecular complexity index is 259. The number of hydrogen-bond acceptors (Lipinski definition) is 4. The van der Waals surface area contributed by atoms with E-state index in [0.29, 0.717) is 6.54 Å². The third kappa shape index (κ3) is 2.73. The van der Waals surface area contributed by atoms with Gasteiger partial charge in [0.15, 0.2) is 5.13 Å². The number of rotatable bonds is 3. The molecule has 0 atom stereocenters. The molecule has 0 unspecified atom stereocenters. The molecule has 0 amide bonds. The molecule has 0 spiro atoms. The summed E-state index contributed by atoms with van der Waals surface area (Å²) in [6.07, 6.45) is 0. The third-order valence-corrected chi connectivity index (χ3v) is 2.90. The number of nitrogens with zero attached hydrogens (tertiary/aromatic N) is 1. The second-order valence-electron chi connectivity index (χ2n) is 3.19. The molecule has 0 saturated carbocycles. The van der Waals surface area contributed by atoms with Crippen LogP contribution in [0.3, 0.4) is 0 Å². The Morgan fingerprint density at radius 1 is 1.75 bits per heavy atom. The minimum Gasteiger partial charge on any atom is -0.355 e. The van der Waals surface area contributed by atoms with Crippen molar-refractivity contribution in [3.05, 3.63) is 9.98 Å². The average molecular weight is 250 g/mol. The summed E-state index contributed by atoms with van der Waals surface area (Å²) in [7, 11) is 0. The van der Waals surface area contributed by atoms with Gasteiger partial charge >= 0.3 is 0 Å². The zero-order valence-corrected chi connectivity index (χ0v) is 9.50. The maximum absolute atomic E-state index is 5.56. The van der Waals surface area contributed by atoms with E-state index >= 15 is 0 Å². The molecule has 0 radical (unpaired) electrons. The van der Waals surface area contributed by atoms with Crippen molar-refractivity contribution in [2.24, 2.45) is 5.73 Å². The fourth-order valence-corrected chi connectivity index (χ4v) is 1.97. The van der Waals surface area contributed by atoms with Crippen LogP contribution in [0.4, 0.5) is 5.13 Å². The molecule has 12 heavy (non-hydrogen) atoms. The number of nitrogens with one attached hydrogen (secondary N) is 1. The molecule has 3 nitrogen and oxygen atoms in total. The minimum atomic E-state index is -0.0860. The smallest absolute Gasteiger partial charge is 0.184 e. The molecule has 3 N–H and O–H groups in total. The first-order valence-corrected chi connectivity index (χ1v) is 5.30. The quantitative estimate of drug-likeness (QED) is 0.863. The van der Waals surface area contributed by atoms with Gasteiger partial charge in [0, 0.05) is 17.5 Å². The Morgan fingerprint density at radius 2 is 2.42 bits per heavy atom. The fraction of sp³-hybridized carbons (Fsp3) is 0.571. The zero-order valence-electron chi connectivity index (χ0n) is 7.10. The first kappa shape index (κ1) is 9.95. The average Bonchev–Trinajstić information content (AvgIpc) is 2.35. The van der Waals surface area contributed by atoms with Crippen LogP contribution in [0, 0.1) is 0 Å². The van der Waals surface area contributed by atoms with E-state index in [1.165, 1.54) is 0 Å². The summed E-state index contributed by atoms with van der Waals surface area (Å²) in [5.74, 6) is 0. The molecule has 0 saturated heterocycles. The number of anilines is 1. The lowest BCUT2D eigenvalue weighted by Gasteiger charge is -2.23. The predicted molar refractivity (Wildman–Crippen MR) is 56.6 cm³/mol. The van der Waals surface area contributed by atoms with Gasteiger partial charge in [0.25, 0.3) is 0 Å². The molecule has 0 fully saturated rings. The highest BCUT2D eigenvalue weighted by atomic mass is 79.9. The number of thiazole rings is 1. The van der Waals surface area contributed by atoms with E-state index in [4.69, 9.17) is 5.73 Å². The summed E-state index contributed by atoms with van der Waals surface area (Å²) in [5, 5.41) is 6.08. The van der Waals surface area contributed by atoms with Crippen LogP contribution in [0.25, 0.3) is 0 Å². The second kappa shape index (κ2) is 3.72. The Balaban J connectivity index is 2.63. The van der Waals surface area contributed by atoms with E-state index in [0.717, 1.165) is 9.73 Å². The van der Waals surface area contributed by atoms with Gasteiger partial charge in [-0.25, -0.2) is 4.98 Å². The van der Waals surface area contributed by atoms with Crippen LogP contribution in [0.15, 0.2) is 9.98 Å². The summed E-state index contributed by atoms with van der Waals surface area (Å²) in [5.41, 5.74) is 5.48. The summed E-state index contributed by atoms with van der Waals surface area (Å²) in [6, 6.07) is 0. The molecule has 1 aromatic rings. The van der Waals surface area contributed by atoms with Gasteiger partial charge in [-0.3, -0.25) is 0 Å². The molecular weight excluding hydrogens is 238 g/mol. The normalized spacial score (nSPS) is 11.7. The molecule has 1 heterocycles. The second-order valence-corrected chi connectivity index (χ2v) is 4.86. The van der Waals surface area contributed by atoms with Gasteiger partial charge < -0.3 is 11.1 Å². The van der Waals surface area contributed by atoms with Gasteiger partial charge in [-0.05, 0) is 29.8 Å². The van der Waals surface area contributed by atoms with Crippen molar-refractivity contribution in [1.82, 2.24) is 4.98 Å². The lowest BCUT2D eigenvalue weighted by atomic mass is 10.1. The zero-order chi connectivity index (χ0) is 9.19. The van der Waals surface area contributed by atoms with E-state index in [2.05, 4.69) is 26.2 Å². The standard InChI is InChI=1S/C7H12BrN3S/c1-7(2,4-9)11-6-10-5(8)3-12-6/h3H,4,9H2,1-2H3,(H,10,11). The number of nitrogens with two attached hydrogens (primary N) is 1. The summed E-state index contributed by atoms with van der Waals surface area (Å²) >= 11 is 4.86. The van der Waals surface area contributed by atoms with E-state index in [9.17, 15) is 0 Å². The van der Waals surface area contributed by atoms with Crippen LogP contribution >= 0.6 is 27.3 Å². The van der Waals surface area contributed by atoms with Gasteiger partial charge in [0.1, 0.15) is 4.60 Å². The Labute approximate surface area is 84.5 Å². The maximum atomic E-state index is 5.56. The van der Waals surface area contributed by atoms with Crippen LogP contribution in [0.5, 0.6) is 0 Å². The highest BCUT2D eigenvalue weighted by Gasteiger charge is 2.15. The SMILES string of the molecule is CC(C)(CN)Nc1nc(Br)cs1. The molecular formula is C7H12BrN3S. The van der Waals surface area contributed by atoms with Gasteiger partial charge in [-0.15, -0.1) is 11.3 Å². The van der Waals surface area contributed by atoms with E-state index in [-0.39, 0.29) is 5.54 Å². The molecule has 1 aromatic heterocycles. The lowest BCUT2D eigenvalue weighted by molar-refractivity contribution is 0.579. The topological polar surface area (TPSA) is 50.9 Å². The van der Waals surface area contributed by atoms with Crippen LogP contribution in [-0.2, 0) is 0 Å². The van der Waals surface area contributed by atoms with Gasteiger partial charge in [0.2, 0.25) is 0 Å². The molecule has 0 bridgehead atoms. The van der Waals surface area contributed by atoms with Gasteiger partial charge in [0.05, 0.1) is 0 Å². The lowest BCUT2D eigenvalue weighted by Crippen LogP contribution is -2.39. The number of halogens is 1. The highest BCUT2D eigenvalue weighted by molar-refractivity contribution is 9.10. The molecule has 0 aliphatic carbocycles. The van der Waals surface area contributed by atoms with Crippen molar-refractivity contribution in [3.63, 3.8) is 0 Å². The van der Waals surface area contributed by atoms with E-state index in [1.807, 2.05) is 19.2 Å². The van der Waals surface area contributed by atoms with E-state index < -0.39 is 0 Å². The molecule has 5 heteroatoms. The maximum Gasteiger partial charge on any atom is 0.184 e. The minimum absolute atomic E-state index is 0.0860. The summed E-state index contributed by atoms with van der Waals surface area (Å²) in [6.45, 7) is 4.68. The van der Waals surface area contributed by atoms with Crippen LogP contribution in [0.1, 0.15) is 13.8 Å². The third-order valence-electron chi connectivity index (χ3n) is 1.43. The Kier molecular flexibility index (Phi) is 3.09. The fourth-order valence-electron chi connectivity index (χ4n) is 0.652. The van der Waals surface area contributed by atoms with Gasteiger partial charge in [-0.2, -0.15) is 0 Å². The number of aromatic nitrogens is 1. The largest absolute Gasteiger partial charge is 0.355 e. The molecule has 0 aliphatic rings. The van der Waals surface area contributed by atoms with Crippen molar-refractivity contribution in [3.8, 4) is 0 Å². The molecule has 1 rings (SSSR count). The van der Waals surface area contributed by atoms with Crippen molar-refractivity contribution in [2.45, 2.75) is 19.4 Å². The predicted octanol–water partition coefficient (Wildman–Crippen LogP) is 2.05.